The van der Waals surface area contributed by atoms with Gasteiger partial charge in [-0.05, 0) is 50.2 Å². The molecule has 0 radical (unpaired) electrons. The average Bonchev–Trinajstić information content (AvgIpc) is 3.38. The summed E-state index contributed by atoms with van der Waals surface area (Å²) in [5.74, 6) is 1.27. The fourth-order valence-corrected chi connectivity index (χ4v) is 5.85. The number of rotatable bonds is 4. The van der Waals surface area contributed by atoms with Gasteiger partial charge in [-0.15, -0.1) is 0 Å². The van der Waals surface area contributed by atoms with Gasteiger partial charge in [-0.25, -0.2) is 0 Å². The molecule has 3 aliphatic heterocycles. The molecule has 32 heavy (non-hydrogen) atoms. The third kappa shape index (κ3) is 4.24. The molecule has 0 aromatic carbocycles. The fraction of sp³-hybridized carbons (Fsp3) is 0.565. The third-order valence-corrected chi connectivity index (χ3v) is 7.99. The SMILES string of the molecule is Cc1c(/C=C2\SC(=S)N(CC3CCCO3)C2=O)c(N2CCC(C)CC2)n(C)c(=O)c1C#N. The molecule has 3 saturated heterocycles. The molecule has 4 heterocycles. The Kier molecular flexibility index (Phi) is 6.75. The molecule has 7 nitrogen and oxygen atoms in total. The zero-order valence-corrected chi connectivity index (χ0v) is 20.4. The van der Waals surface area contributed by atoms with Crippen LogP contribution in [-0.4, -0.2) is 52.0 Å². The molecule has 0 spiro atoms. The molecule has 1 atom stereocenters. The molecule has 4 rings (SSSR count). The predicted octanol–water partition coefficient (Wildman–Crippen LogP) is 3.18. The molecule has 0 saturated carbocycles. The molecule has 0 bridgehead atoms. The number of piperidine rings is 1. The first-order valence-corrected chi connectivity index (χ1v) is 12.3. The van der Waals surface area contributed by atoms with Crippen molar-refractivity contribution in [2.24, 2.45) is 13.0 Å². The molecular weight excluding hydrogens is 444 g/mol. The second-order valence-corrected chi connectivity index (χ2v) is 10.5. The molecule has 0 N–H and O–H groups in total. The van der Waals surface area contributed by atoms with Crippen molar-refractivity contribution >= 4 is 46.1 Å². The molecule has 1 unspecified atom stereocenters. The minimum absolute atomic E-state index is 0.0206. The summed E-state index contributed by atoms with van der Waals surface area (Å²) in [6.45, 7) is 6.88. The van der Waals surface area contributed by atoms with Gasteiger partial charge in [0, 0.05) is 32.3 Å². The lowest BCUT2D eigenvalue weighted by Crippen LogP contribution is -2.38. The van der Waals surface area contributed by atoms with Crippen molar-refractivity contribution in [3.8, 4) is 6.07 Å². The van der Waals surface area contributed by atoms with E-state index in [4.69, 9.17) is 17.0 Å². The number of thioether (sulfide) groups is 1. The lowest BCUT2D eigenvalue weighted by molar-refractivity contribution is -0.123. The topological polar surface area (TPSA) is 78.6 Å². The Morgan fingerprint density at radius 1 is 1.28 bits per heavy atom. The molecule has 0 aliphatic carbocycles. The average molecular weight is 473 g/mol. The second-order valence-electron chi connectivity index (χ2n) is 8.81. The Bertz CT molecular complexity index is 1070. The van der Waals surface area contributed by atoms with E-state index < -0.39 is 0 Å². The van der Waals surface area contributed by atoms with Crippen LogP contribution in [0.3, 0.4) is 0 Å². The smallest absolute Gasteiger partial charge is 0.270 e. The van der Waals surface area contributed by atoms with E-state index in [0.717, 1.165) is 56.8 Å². The Balaban J connectivity index is 1.75. The molecule has 1 aromatic rings. The number of amides is 1. The molecular formula is C23H28N4O3S2. The van der Waals surface area contributed by atoms with E-state index in [1.165, 1.54) is 11.8 Å². The van der Waals surface area contributed by atoms with Crippen LogP contribution in [0.15, 0.2) is 9.70 Å². The van der Waals surface area contributed by atoms with Gasteiger partial charge < -0.3 is 9.64 Å². The van der Waals surface area contributed by atoms with Crippen molar-refractivity contribution in [1.82, 2.24) is 9.47 Å². The van der Waals surface area contributed by atoms with E-state index >= 15 is 0 Å². The maximum absolute atomic E-state index is 13.2. The van der Waals surface area contributed by atoms with Crippen LogP contribution in [0.25, 0.3) is 6.08 Å². The maximum atomic E-state index is 13.2. The zero-order chi connectivity index (χ0) is 23.0. The lowest BCUT2D eigenvalue weighted by Gasteiger charge is -2.34. The van der Waals surface area contributed by atoms with Gasteiger partial charge in [0.15, 0.2) is 0 Å². The minimum atomic E-state index is -0.304. The highest BCUT2D eigenvalue weighted by molar-refractivity contribution is 8.26. The number of carbonyl (C=O) groups excluding carboxylic acids is 1. The van der Waals surface area contributed by atoms with Crippen LogP contribution in [0.1, 0.15) is 49.3 Å². The van der Waals surface area contributed by atoms with Crippen molar-refractivity contribution in [2.45, 2.75) is 45.6 Å². The van der Waals surface area contributed by atoms with Crippen LogP contribution in [0, 0.1) is 24.2 Å². The van der Waals surface area contributed by atoms with Gasteiger partial charge in [-0.3, -0.25) is 19.1 Å². The highest BCUT2D eigenvalue weighted by Gasteiger charge is 2.35. The number of hydrogen-bond donors (Lipinski definition) is 0. The summed E-state index contributed by atoms with van der Waals surface area (Å²) < 4.78 is 7.76. The summed E-state index contributed by atoms with van der Waals surface area (Å²) in [5, 5.41) is 9.63. The Labute approximate surface area is 198 Å². The van der Waals surface area contributed by atoms with Crippen molar-refractivity contribution in [3.05, 3.63) is 31.9 Å². The van der Waals surface area contributed by atoms with E-state index in [9.17, 15) is 14.9 Å². The Morgan fingerprint density at radius 2 is 2.00 bits per heavy atom. The Morgan fingerprint density at radius 3 is 2.62 bits per heavy atom. The summed E-state index contributed by atoms with van der Waals surface area (Å²) in [6, 6.07) is 2.06. The quantitative estimate of drug-likeness (QED) is 0.492. The van der Waals surface area contributed by atoms with E-state index in [1.54, 1.807) is 23.4 Å². The maximum Gasteiger partial charge on any atom is 0.270 e. The van der Waals surface area contributed by atoms with E-state index in [0.29, 0.717) is 27.3 Å². The summed E-state index contributed by atoms with van der Waals surface area (Å²) in [5.41, 5.74) is 1.16. The van der Waals surface area contributed by atoms with E-state index in [-0.39, 0.29) is 23.1 Å². The van der Waals surface area contributed by atoms with Gasteiger partial charge in [0.1, 0.15) is 21.8 Å². The molecule has 9 heteroatoms. The minimum Gasteiger partial charge on any atom is -0.376 e. The zero-order valence-electron chi connectivity index (χ0n) is 18.7. The van der Waals surface area contributed by atoms with Crippen molar-refractivity contribution in [1.29, 1.82) is 5.26 Å². The van der Waals surface area contributed by atoms with Crippen molar-refractivity contribution in [3.63, 3.8) is 0 Å². The number of carbonyl (C=O) groups is 1. The standard InChI is InChI=1S/C23H28N4O3S2/c1-14-6-8-26(9-7-14)20-17(15(2)18(12-24)21(28)25(20)3)11-19-22(29)27(23(31)32-19)13-16-5-4-10-30-16/h11,14,16H,4-10,13H2,1-3H3/b19-11-. The second kappa shape index (κ2) is 9.38. The van der Waals surface area contributed by atoms with E-state index in [1.807, 2.05) is 6.08 Å². The predicted molar refractivity (Wildman–Crippen MR) is 131 cm³/mol. The van der Waals surface area contributed by atoms with E-state index in [2.05, 4.69) is 17.9 Å². The number of thiocarbonyl (C=S) groups is 1. The van der Waals surface area contributed by atoms with Gasteiger partial charge >= 0.3 is 0 Å². The summed E-state index contributed by atoms with van der Waals surface area (Å²) in [4.78, 5) is 30.4. The number of nitrogens with zero attached hydrogens (tertiary/aromatic N) is 4. The van der Waals surface area contributed by atoms with Crippen LogP contribution >= 0.6 is 24.0 Å². The summed E-state index contributed by atoms with van der Waals surface area (Å²) >= 11 is 6.77. The largest absolute Gasteiger partial charge is 0.376 e. The number of anilines is 1. The number of nitriles is 1. The summed E-state index contributed by atoms with van der Waals surface area (Å²) in [6.07, 6.45) is 5.84. The van der Waals surface area contributed by atoms with Crippen molar-refractivity contribution < 1.29 is 9.53 Å². The molecule has 3 fully saturated rings. The Hall–Kier alpha value is -2.15. The molecule has 170 valence electrons. The highest BCUT2D eigenvalue weighted by Crippen LogP contribution is 2.37. The van der Waals surface area contributed by atoms with Crippen LogP contribution in [-0.2, 0) is 16.6 Å². The van der Waals surface area contributed by atoms with Gasteiger partial charge in [-0.2, -0.15) is 5.26 Å². The lowest BCUT2D eigenvalue weighted by atomic mass is 9.97. The highest BCUT2D eigenvalue weighted by atomic mass is 32.2. The molecule has 1 amide bonds. The van der Waals surface area contributed by atoms with Crippen LogP contribution in [0.4, 0.5) is 5.82 Å². The van der Waals surface area contributed by atoms with Crippen LogP contribution in [0.2, 0.25) is 0 Å². The first kappa shape index (κ1) is 23.0. The van der Waals surface area contributed by atoms with Crippen LogP contribution < -0.4 is 10.5 Å². The monoisotopic (exact) mass is 472 g/mol. The first-order valence-electron chi connectivity index (χ1n) is 11.1. The third-order valence-electron chi connectivity index (χ3n) is 6.61. The number of hydrogen-bond acceptors (Lipinski definition) is 7. The van der Waals surface area contributed by atoms with Gasteiger partial charge in [-0.1, -0.05) is 30.9 Å². The molecule has 1 aromatic heterocycles. The van der Waals surface area contributed by atoms with Crippen molar-refractivity contribution in [2.75, 3.05) is 31.1 Å². The number of aromatic nitrogens is 1. The fourth-order valence-electron chi connectivity index (χ4n) is 4.60. The van der Waals surface area contributed by atoms with Gasteiger partial charge in [0.2, 0.25) is 0 Å². The van der Waals surface area contributed by atoms with Crippen LogP contribution in [0.5, 0.6) is 0 Å². The normalized spacial score (nSPS) is 23.4. The first-order chi connectivity index (χ1) is 15.3. The number of ether oxygens (including phenoxy) is 1. The van der Waals surface area contributed by atoms with Gasteiger partial charge in [0.25, 0.3) is 11.5 Å². The molecule has 3 aliphatic rings. The summed E-state index contributed by atoms with van der Waals surface area (Å²) in [7, 11) is 1.70. The van der Waals surface area contributed by atoms with Gasteiger partial charge in [0.05, 0.1) is 17.6 Å². The number of pyridine rings is 1.